The summed E-state index contributed by atoms with van der Waals surface area (Å²) in [4.78, 5) is 10.2. The zero-order chi connectivity index (χ0) is 21.9. The quantitative estimate of drug-likeness (QED) is 0.150. The highest BCUT2D eigenvalue weighted by atomic mass is 31.2. The normalized spacial score (nSPS) is 18.4. The summed E-state index contributed by atoms with van der Waals surface area (Å²) in [5, 5.41) is 0. The van der Waals surface area contributed by atoms with Crippen molar-refractivity contribution in [2.75, 3.05) is 6.61 Å². The van der Waals surface area contributed by atoms with Gasteiger partial charge in [-0.15, -0.1) is 0 Å². The van der Waals surface area contributed by atoms with Gasteiger partial charge in [-0.05, 0) is 31.6 Å². The number of rotatable bonds is 20. The number of phosphoric ester groups is 1. The van der Waals surface area contributed by atoms with Gasteiger partial charge in [-0.3, -0.25) is 9.05 Å². The predicted molar refractivity (Wildman–Crippen MR) is 128 cm³/mol. The minimum Gasteiger partial charge on any atom is -0.302 e. The van der Waals surface area contributed by atoms with Crippen molar-refractivity contribution in [3.8, 4) is 0 Å². The Kier molecular flexibility index (Phi) is 17.5. The average molecular weight is 447 g/mol. The van der Waals surface area contributed by atoms with Gasteiger partial charge in [-0.1, -0.05) is 117 Å². The Balaban J connectivity index is 2.29. The largest absolute Gasteiger partial charge is 0.472 e. The second kappa shape index (κ2) is 18.7. The first-order chi connectivity index (χ1) is 14.6. The Morgan fingerprint density at radius 1 is 0.767 bits per heavy atom. The highest BCUT2D eigenvalue weighted by Gasteiger charge is 2.28. The van der Waals surface area contributed by atoms with Gasteiger partial charge in [0.15, 0.2) is 0 Å². The van der Waals surface area contributed by atoms with Gasteiger partial charge >= 0.3 is 7.82 Å². The molecule has 0 aromatic carbocycles. The minimum absolute atomic E-state index is 0.102. The molecule has 2 atom stereocenters. The second-order valence-electron chi connectivity index (χ2n) is 9.46. The van der Waals surface area contributed by atoms with E-state index in [0.717, 1.165) is 38.5 Å². The van der Waals surface area contributed by atoms with Crippen molar-refractivity contribution in [2.24, 2.45) is 5.92 Å². The Morgan fingerprint density at radius 3 is 1.73 bits per heavy atom. The van der Waals surface area contributed by atoms with E-state index in [2.05, 4.69) is 13.8 Å². The van der Waals surface area contributed by atoms with E-state index in [1.165, 1.54) is 89.9 Å². The third-order valence-electron chi connectivity index (χ3n) is 6.49. The van der Waals surface area contributed by atoms with E-state index < -0.39 is 7.82 Å². The van der Waals surface area contributed by atoms with Crippen LogP contribution in [-0.4, -0.2) is 17.6 Å². The highest BCUT2D eigenvalue weighted by molar-refractivity contribution is 7.47. The summed E-state index contributed by atoms with van der Waals surface area (Å²) in [6.45, 7) is 4.87. The molecule has 1 saturated carbocycles. The van der Waals surface area contributed by atoms with Crippen molar-refractivity contribution in [1.29, 1.82) is 0 Å². The van der Waals surface area contributed by atoms with E-state index >= 15 is 0 Å². The van der Waals surface area contributed by atoms with Gasteiger partial charge in [-0.25, -0.2) is 4.57 Å². The average Bonchev–Trinajstić information content (AvgIpc) is 2.73. The van der Waals surface area contributed by atoms with Crippen LogP contribution in [-0.2, 0) is 13.6 Å². The molecule has 1 fully saturated rings. The molecule has 5 heteroatoms. The molecular weight excluding hydrogens is 395 g/mol. The smallest absolute Gasteiger partial charge is 0.302 e. The molecule has 0 amide bonds. The molecule has 0 bridgehead atoms. The topological polar surface area (TPSA) is 55.8 Å². The molecule has 1 rings (SSSR count). The molecule has 0 spiro atoms. The van der Waals surface area contributed by atoms with Gasteiger partial charge in [-0.2, -0.15) is 0 Å². The number of hydrogen-bond acceptors (Lipinski definition) is 3. The first-order valence-electron chi connectivity index (χ1n) is 13.2. The van der Waals surface area contributed by atoms with E-state index in [9.17, 15) is 9.46 Å². The van der Waals surface area contributed by atoms with E-state index in [-0.39, 0.29) is 6.10 Å². The lowest BCUT2D eigenvalue weighted by Gasteiger charge is -2.25. The molecule has 30 heavy (non-hydrogen) atoms. The fourth-order valence-electron chi connectivity index (χ4n) is 4.50. The lowest BCUT2D eigenvalue weighted by atomic mass is 9.95. The monoisotopic (exact) mass is 446 g/mol. The molecule has 2 unspecified atom stereocenters. The number of hydrogen-bond donors (Lipinski definition) is 1. The Hall–Kier alpha value is 0.110. The van der Waals surface area contributed by atoms with Crippen molar-refractivity contribution >= 4 is 7.82 Å². The van der Waals surface area contributed by atoms with Crippen molar-refractivity contribution in [1.82, 2.24) is 0 Å². The SMILES string of the molecule is CCCCCCCCCCC(CCCCCCC)COP(=O)(O)OC1CCCCC1. The second-order valence-corrected chi connectivity index (χ2v) is 10.9. The molecule has 0 aromatic rings. The van der Waals surface area contributed by atoms with Crippen LogP contribution in [0.2, 0.25) is 0 Å². The molecule has 1 N–H and O–H groups in total. The molecule has 4 nitrogen and oxygen atoms in total. The van der Waals surface area contributed by atoms with Crippen molar-refractivity contribution in [3.05, 3.63) is 0 Å². The maximum atomic E-state index is 12.4. The number of phosphoric acid groups is 1. The fraction of sp³-hybridized carbons (Fsp3) is 1.00. The maximum absolute atomic E-state index is 12.4. The standard InChI is InChI=1S/C25H51O4P/c1-3-5-7-9-10-11-13-16-20-24(19-15-12-8-6-4-2)23-28-30(26,27)29-25-21-17-14-18-22-25/h24-25H,3-23H2,1-2H3,(H,26,27). The van der Waals surface area contributed by atoms with Crippen LogP contribution in [0, 0.1) is 5.92 Å². The lowest BCUT2D eigenvalue weighted by Crippen LogP contribution is -2.17. The molecule has 1 aliphatic carbocycles. The van der Waals surface area contributed by atoms with Crippen molar-refractivity contribution < 1.29 is 18.5 Å². The first-order valence-corrected chi connectivity index (χ1v) is 14.7. The van der Waals surface area contributed by atoms with Gasteiger partial charge in [0.1, 0.15) is 0 Å². The Bertz CT molecular complexity index is 423. The summed E-state index contributed by atoms with van der Waals surface area (Å²) in [7, 11) is -3.93. The third kappa shape index (κ3) is 15.8. The highest BCUT2D eigenvalue weighted by Crippen LogP contribution is 2.47. The van der Waals surface area contributed by atoms with Crippen LogP contribution in [0.1, 0.15) is 142 Å². The summed E-state index contributed by atoms with van der Waals surface area (Å²) in [5.41, 5.74) is 0. The van der Waals surface area contributed by atoms with Crippen molar-refractivity contribution in [2.45, 2.75) is 148 Å². The van der Waals surface area contributed by atoms with Gasteiger partial charge in [0.2, 0.25) is 0 Å². The van der Waals surface area contributed by atoms with Gasteiger partial charge < -0.3 is 4.89 Å². The van der Waals surface area contributed by atoms with Crippen LogP contribution in [0.5, 0.6) is 0 Å². The molecule has 0 aliphatic heterocycles. The summed E-state index contributed by atoms with van der Waals surface area (Å²) in [6, 6.07) is 0. The summed E-state index contributed by atoms with van der Waals surface area (Å²) in [6.07, 6.45) is 24.1. The molecule has 0 heterocycles. The van der Waals surface area contributed by atoms with Gasteiger partial charge in [0.25, 0.3) is 0 Å². The minimum atomic E-state index is -3.93. The summed E-state index contributed by atoms with van der Waals surface area (Å²) >= 11 is 0. The van der Waals surface area contributed by atoms with Crippen LogP contribution >= 0.6 is 7.82 Å². The predicted octanol–water partition coefficient (Wildman–Crippen LogP) is 8.96. The zero-order valence-electron chi connectivity index (χ0n) is 20.1. The number of unbranched alkanes of at least 4 members (excludes halogenated alkanes) is 11. The van der Waals surface area contributed by atoms with Crippen LogP contribution in [0.4, 0.5) is 0 Å². The van der Waals surface area contributed by atoms with Crippen molar-refractivity contribution in [3.63, 3.8) is 0 Å². The third-order valence-corrected chi connectivity index (χ3v) is 7.53. The van der Waals surface area contributed by atoms with E-state index in [1.807, 2.05) is 0 Å². The molecular formula is C25H51O4P. The van der Waals surface area contributed by atoms with Crippen LogP contribution in [0.3, 0.4) is 0 Å². The molecule has 1 aliphatic rings. The van der Waals surface area contributed by atoms with E-state index in [1.54, 1.807) is 0 Å². The van der Waals surface area contributed by atoms with E-state index in [4.69, 9.17) is 9.05 Å². The molecule has 180 valence electrons. The Morgan fingerprint density at radius 2 is 1.23 bits per heavy atom. The van der Waals surface area contributed by atoms with E-state index in [0.29, 0.717) is 12.5 Å². The van der Waals surface area contributed by atoms with Crippen LogP contribution in [0.25, 0.3) is 0 Å². The fourth-order valence-corrected chi connectivity index (χ4v) is 5.55. The van der Waals surface area contributed by atoms with Gasteiger partial charge in [0.05, 0.1) is 12.7 Å². The lowest BCUT2D eigenvalue weighted by molar-refractivity contribution is 0.0722. The molecule has 0 aromatic heterocycles. The summed E-state index contributed by atoms with van der Waals surface area (Å²) in [5.74, 6) is 0.377. The van der Waals surface area contributed by atoms with Crippen LogP contribution < -0.4 is 0 Å². The molecule has 0 radical (unpaired) electrons. The zero-order valence-corrected chi connectivity index (χ0v) is 21.0. The maximum Gasteiger partial charge on any atom is 0.472 e. The van der Waals surface area contributed by atoms with Gasteiger partial charge in [0, 0.05) is 0 Å². The molecule has 0 saturated heterocycles. The Labute approximate surface area is 187 Å². The first kappa shape index (κ1) is 28.1. The van der Waals surface area contributed by atoms with Crippen LogP contribution in [0.15, 0.2) is 0 Å². The summed E-state index contributed by atoms with van der Waals surface area (Å²) < 4.78 is 23.4.